The maximum absolute atomic E-state index is 14.0. The van der Waals surface area contributed by atoms with Gasteiger partial charge in [0.05, 0.1) is 13.5 Å². The highest BCUT2D eigenvalue weighted by Gasteiger charge is 2.44. The van der Waals surface area contributed by atoms with Gasteiger partial charge in [-0.3, -0.25) is 4.79 Å². The van der Waals surface area contributed by atoms with Gasteiger partial charge < -0.3 is 10.1 Å². The van der Waals surface area contributed by atoms with Gasteiger partial charge in [0.25, 0.3) is 0 Å². The van der Waals surface area contributed by atoms with Crippen molar-refractivity contribution < 1.29 is 13.9 Å². The van der Waals surface area contributed by atoms with E-state index >= 15 is 0 Å². The summed E-state index contributed by atoms with van der Waals surface area (Å²) in [6.07, 6.45) is 2.47. The molecular formula is C15H20FNO2S. The summed E-state index contributed by atoms with van der Waals surface area (Å²) in [5, 5.41) is 3.05. The minimum atomic E-state index is -0.184. The number of carbonyl (C=O) groups excluding carboxylic acids is 1. The fraction of sp³-hybridized carbons (Fsp3) is 0.533. The van der Waals surface area contributed by atoms with Gasteiger partial charge in [0.1, 0.15) is 5.82 Å². The largest absolute Gasteiger partial charge is 0.469 e. The standard InChI is InChI=1S/C15H20FNO2S/c1-17-9-11-4-3-5-12(16)14(11)20-10-15(6-7-15)8-13(18)19-2/h3-5,17H,6-10H2,1-2H3. The van der Waals surface area contributed by atoms with E-state index in [-0.39, 0.29) is 17.2 Å². The third kappa shape index (κ3) is 3.73. The molecule has 1 aliphatic carbocycles. The maximum Gasteiger partial charge on any atom is 0.306 e. The molecule has 1 fully saturated rings. The summed E-state index contributed by atoms with van der Waals surface area (Å²) in [7, 11) is 3.26. The van der Waals surface area contributed by atoms with Gasteiger partial charge in [-0.25, -0.2) is 4.39 Å². The molecule has 0 unspecified atom stereocenters. The topological polar surface area (TPSA) is 38.3 Å². The minimum absolute atomic E-state index is 0.0109. The van der Waals surface area contributed by atoms with Crippen LogP contribution in [0.5, 0.6) is 0 Å². The lowest BCUT2D eigenvalue weighted by Gasteiger charge is -2.15. The van der Waals surface area contributed by atoms with Crippen LogP contribution in [0.4, 0.5) is 4.39 Å². The summed E-state index contributed by atoms with van der Waals surface area (Å²) in [6.45, 7) is 0.643. The maximum atomic E-state index is 14.0. The van der Waals surface area contributed by atoms with E-state index in [0.717, 1.165) is 24.2 Å². The van der Waals surface area contributed by atoms with Gasteiger partial charge in [0, 0.05) is 17.2 Å². The van der Waals surface area contributed by atoms with Crippen LogP contribution in [0.1, 0.15) is 24.8 Å². The Hall–Kier alpha value is -1.07. The average Bonchev–Trinajstić information content (AvgIpc) is 3.18. The molecule has 0 saturated heterocycles. The number of benzene rings is 1. The number of hydrogen-bond acceptors (Lipinski definition) is 4. The first-order chi connectivity index (χ1) is 9.60. The molecule has 0 bridgehead atoms. The molecule has 0 amide bonds. The lowest BCUT2D eigenvalue weighted by Crippen LogP contribution is -2.13. The monoisotopic (exact) mass is 297 g/mol. The second-order valence-corrected chi connectivity index (χ2v) is 6.29. The second kappa shape index (κ2) is 6.59. The molecule has 1 aromatic carbocycles. The number of esters is 1. The Balaban J connectivity index is 2.02. The third-order valence-corrected chi connectivity index (χ3v) is 5.15. The molecule has 0 aromatic heterocycles. The van der Waals surface area contributed by atoms with Crippen molar-refractivity contribution in [3.8, 4) is 0 Å². The number of hydrogen-bond donors (Lipinski definition) is 1. The molecule has 0 radical (unpaired) electrons. The zero-order chi connectivity index (χ0) is 14.6. The van der Waals surface area contributed by atoms with E-state index in [1.807, 2.05) is 13.1 Å². The van der Waals surface area contributed by atoms with Crippen LogP contribution in [0.3, 0.4) is 0 Å². The molecular weight excluding hydrogens is 277 g/mol. The molecule has 1 aliphatic rings. The van der Waals surface area contributed by atoms with Crippen LogP contribution in [-0.4, -0.2) is 25.9 Å². The van der Waals surface area contributed by atoms with Gasteiger partial charge in [0.2, 0.25) is 0 Å². The van der Waals surface area contributed by atoms with Crippen molar-refractivity contribution in [3.63, 3.8) is 0 Å². The molecule has 20 heavy (non-hydrogen) atoms. The first-order valence-electron chi connectivity index (χ1n) is 6.72. The van der Waals surface area contributed by atoms with Crippen molar-refractivity contribution in [2.24, 2.45) is 5.41 Å². The molecule has 2 rings (SSSR count). The molecule has 1 N–H and O–H groups in total. The molecule has 5 heteroatoms. The molecule has 110 valence electrons. The number of methoxy groups -OCH3 is 1. The van der Waals surface area contributed by atoms with Crippen molar-refractivity contribution in [1.29, 1.82) is 0 Å². The Kier molecular flexibility index (Phi) is 5.05. The quantitative estimate of drug-likeness (QED) is 0.620. The van der Waals surface area contributed by atoms with E-state index in [0.29, 0.717) is 17.9 Å². The van der Waals surface area contributed by atoms with Gasteiger partial charge in [-0.2, -0.15) is 0 Å². The molecule has 0 aliphatic heterocycles. The number of nitrogens with one attached hydrogen (secondary N) is 1. The summed E-state index contributed by atoms with van der Waals surface area (Å²) in [4.78, 5) is 12.1. The van der Waals surface area contributed by atoms with Crippen LogP contribution in [0.15, 0.2) is 23.1 Å². The summed E-state index contributed by atoms with van der Waals surface area (Å²) >= 11 is 1.51. The number of carbonyl (C=O) groups is 1. The first kappa shape index (κ1) is 15.3. The van der Waals surface area contributed by atoms with Gasteiger partial charge in [-0.15, -0.1) is 11.8 Å². The highest BCUT2D eigenvalue weighted by atomic mass is 32.2. The predicted octanol–water partition coefficient (Wildman–Crippen LogP) is 2.98. The third-order valence-electron chi connectivity index (χ3n) is 3.64. The zero-order valence-corrected chi connectivity index (χ0v) is 12.7. The highest BCUT2D eigenvalue weighted by molar-refractivity contribution is 7.99. The summed E-state index contributed by atoms with van der Waals surface area (Å²) in [5.74, 6) is 0.406. The van der Waals surface area contributed by atoms with Crippen molar-refractivity contribution in [3.05, 3.63) is 29.6 Å². The second-order valence-electron chi connectivity index (χ2n) is 5.30. The average molecular weight is 297 g/mol. The Labute approximate surface area is 123 Å². The number of rotatable bonds is 7. The van der Waals surface area contributed by atoms with E-state index in [9.17, 15) is 9.18 Å². The zero-order valence-electron chi connectivity index (χ0n) is 11.9. The molecule has 0 spiro atoms. The minimum Gasteiger partial charge on any atom is -0.469 e. The SMILES string of the molecule is CNCc1cccc(F)c1SCC1(CC(=O)OC)CC1. The van der Waals surface area contributed by atoms with E-state index < -0.39 is 0 Å². The van der Waals surface area contributed by atoms with Crippen LogP contribution >= 0.6 is 11.8 Å². The normalized spacial score (nSPS) is 15.9. The fourth-order valence-corrected chi connectivity index (χ4v) is 3.57. The fourth-order valence-electron chi connectivity index (χ4n) is 2.20. The smallest absolute Gasteiger partial charge is 0.306 e. The van der Waals surface area contributed by atoms with E-state index in [1.54, 1.807) is 6.07 Å². The number of halogens is 1. The van der Waals surface area contributed by atoms with Gasteiger partial charge in [0.15, 0.2) is 0 Å². The Morgan fingerprint density at radius 2 is 2.25 bits per heavy atom. The lowest BCUT2D eigenvalue weighted by molar-refractivity contribution is -0.141. The summed E-state index contributed by atoms with van der Waals surface area (Å²) < 4.78 is 18.7. The number of ether oxygens (including phenoxy) is 1. The summed E-state index contributed by atoms with van der Waals surface area (Å²) in [6, 6.07) is 5.15. The van der Waals surface area contributed by atoms with Gasteiger partial charge >= 0.3 is 5.97 Å². The van der Waals surface area contributed by atoms with E-state index in [1.165, 1.54) is 24.9 Å². The van der Waals surface area contributed by atoms with Crippen LogP contribution < -0.4 is 5.32 Å². The molecule has 1 saturated carbocycles. The Morgan fingerprint density at radius 3 is 2.85 bits per heavy atom. The summed E-state index contributed by atoms with van der Waals surface area (Å²) in [5.41, 5.74) is 0.975. The predicted molar refractivity (Wildman–Crippen MR) is 78.2 cm³/mol. The molecule has 0 heterocycles. The van der Waals surface area contributed by atoms with Crippen LogP contribution in [0.2, 0.25) is 0 Å². The highest BCUT2D eigenvalue weighted by Crippen LogP contribution is 2.52. The van der Waals surface area contributed by atoms with Gasteiger partial charge in [-0.05, 0) is 36.9 Å². The van der Waals surface area contributed by atoms with Crippen LogP contribution in [-0.2, 0) is 16.1 Å². The van der Waals surface area contributed by atoms with Crippen LogP contribution in [0.25, 0.3) is 0 Å². The number of thioether (sulfide) groups is 1. The van der Waals surface area contributed by atoms with Crippen molar-refractivity contribution in [2.75, 3.05) is 19.9 Å². The lowest BCUT2D eigenvalue weighted by atomic mass is 10.1. The van der Waals surface area contributed by atoms with Crippen molar-refractivity contribution in [1.82, 2.24) is 5.32 Å². The Morgan fingerprint density at radius 1 is 1.50 bits per heavy atom. The Bertz CT molecular complexity index is 489. The van der Waals surface area contributed by atoms with Crippen molar-refractivity contribution >= 4 is 17.7 Å². The molecule has 3 nitrogen and oxygen atoms in total. The molecule has 0 atom stereocenters. The van der Waals surface area contributed by atoms with E-state index in [4.69, 9.17) is 4.74 Å². The van der Waals surface area contributed by atoms with E-state index in [2.05, 4.69) is 5.32 Å². The first-order valence-corrected chi connectivity index (χ1v) is 7.70. The molecule has 1 aromatic rings. The van der Waals surface area contributed by atoms with Gasteiger partial charge in [-0.1, -0.05) is 12.1 Å². The van der Waals surface area contributed by atoms with Crippen molar-refractivity contribution in [2.45, 2.75) is 30.7 Å². The van der Waals surface area contributed by atoms with Crippen LogP contribution in [0, 0.1) is 11.2 Å².